The molecule has 0 unspecified atom stereocenters. The zero-order chi connectivity index (χ0) is 16.1. The molecule has 1 aliphatic rings. The smallest absolute Gasteiger partial charge is 0.220 e. The van der Waals surface area contributed by atoms with Gasteiger partial charge in [-0.25, -0.2) is 5.26 Å². The van der Waals surface area contributed by atoms with Gasteiger partial charge in [0.05, 0.1) is 0 Å². The summed E-state index contributed by atoms with van der Waals surface area (Å²) in [7, 11) is 0. The molecule has 1 rings (SSSR count). The lowest BCUT2D eigenvalue weighted by atomic mass is 9.85. The van der Waals surface area contributed by atoms with Crippen LogP contribution in [0.2, 0.25) is 0 Å². The zero-order valence-electron chi connectivity index (χ0n) is 11.0. The molecule has 0 aromatic carbocycles. The van der Waals surface area contributed by atoms with Gasteiger partial charge in [-0.15, -0.1) is 4.33 Å². The summed E-state index contributed by atoms with van der Waals surface area (Å²) in [5.74, 6) is -10.7. The Morgan fingerprint density at radius 1 is 1.00 bits per heavy atom. The number of rotatable bonds is 8. The van der Waals surface area contributed by atoms with Gasteiger partial charge in [0, 0.05) is 6.42 Å². The first-order valence-electron chi connectivity index (χ1n) is 6.43. The number of hydrogen-bond donors (Lipinski definition) is 1. The Kier molecular flexibility index (Phi) is 6.63. The molecule has 0 amide bonds. The highest BCUT2D eigenvalue weighted by Crippen LogP contribution is 2.53. The minimum Gasteiger partial charge on any atom is -0.220 e. The van der Waals surface area contributed by atoms with Gasteiger partial charge in [0.25, 0.3) is 0 Å². The summed E-state index contributed by atoms with van der Waals surface area (Å²) < 4.78 is 82.9. The van der Waals surface area contributed by atoms with Crippen LogP contribution < -0.4 is 0 Å². The minimum absolute atomic E-state index is 0.140. The van der Waals surface area contributed by atoms with E-state index in [2.05, 4.69) is 9.37 Å². The summed E-state index contributed by atoms with van der Waals surface area (Å²) in [6, 6.07) is 0. The molecule has 10 heteroatoms. The molecule has 0 atom stereocenters. The lowest BCUT2D eigenvalue weighted by Gasteiger charge is -2.32. The highest BCUT2D eigenvalue weighted by molar-refractivity contribution is 7.95. The van der Waals surface area contributed by atoms with E-state index in [1.54, 1.807) is 0 Å². The van der Waals surface area contributed by atoms with Gasteiger partial charge in [-0.2, -0.15) is 26.3 Å². The van der Waals surface area contributed by atoms with Crippen LogP contribution in [-0.4, -0.2) is 22.4 Å². The van der Waals surface area contributed by atoms with Crippen molar-refractivity contribution in [1.29, 1.82) is 0 Å². The lowest BCUT2D eigenvalue weighted by molar-refractivity contribution is -0.434. The quantitative estimate of drug-likeness (QED) is 0.282. The normalized spacial score (nSPS) is 19.0. The Labute approximate surface area is 122 Å². The minimum atomic E-state index is -5.63. The monoisotopic (exact) mass is 342 g/mol. The van der Waals surface area contributed by atoms with E-state index < -0.39 is 35.6 Å². The maximum Gasteiger partial charge on any atom is 0.389 e. The van der Waals surface area contributed by atoms with Crippen LogP contribution in [0.5, 0.6) is 0 Å². The maximum atomic E-state index is 13.5. The average molecular weight is 342 g/mol. The van der Waals surface area contributed by atoms with Crippen molar-refractivity contribution in [3.05, 3.63) is 0 Å². The van der Waals surface area contributed by atoms with E-state index in [9.17, 15) is 26.3 Å². The first-order valence-corrected chi connectivity index (χ1v) is 7.17. The number of halogens is 6. The fourth-order valence-electron chi connectivity index (χ4n) is 2.34. The summed E-state index contributed by atoms with van der Waals surface area (Å²) >= 11 is -1.36. The third kappa shape index (κ3) is 4.64. The van der Waals surface area contributed by atoms with Crippen molar-refractivity contribution in [3.63, 3.8) is 0 Å². The van der Waals surface area contributed by atoms with Crippen LogP contribution in [0.4, 0.5) is 26.3 Å². The van der Waals surface area contributed by atoms with Gasteiger partial charge in [0.2, 0.25) is 0 Å². The van der Waals surface area contributed by atoms with Crippen molar-refractivity contribution in [1.82, 2.24) is 0 Å². The van der Waals surface area contributed by atoms with Crippen molar-refractivity contribution < 1.29 is 41.0 Å². The first kappa shape index (κ1) is 18.9. The molecule has 0 spiro atoms. The second-order valence-corrected chi connectivity index (χ2v) is 5.88. The van der Waals surface area contributed by atoms with Crippen LogP contribution >= 0.6 is 12.0 Å². The Morgan fingerprint density at radius 3 is 2.10 bits per heavy atom. The fourth-order valence-corrected chi connectivity index (χ4v) is 2.71. The molecule has 0 aromatic rings. The van der Waals surface area contributed by atoms with Crippen LogP contribution in [0.15, 0.2) is 0 Å². The van der Waals surface area contributed by atoms with Gasteiger partial charge in [0.15, 0.2) is 0 Å². The van der Waals surface area contributed by atoms with Crippen LogP contribution in [0.1, 0.15) is 44.9 Å². The average Bonchev–Trinajstić information content (AvgIpc) is 2.44. The molecule has 1 aliphatic carbocycles. The Morgan fingerprint density at radius 2 is 1.57 bits per heavy atom. The van der Waals surface area contributed by atoms with Crippen LogP contribution in [-0.2, 0) is 9.37 Å². The van der Waals surface area contributed by atoms with Gasteiger partial charge >= 0.3 is 17.1 Å². The summed E-state index contributed by atoms with van der Waals surface area (Å²) in [6.07, 6.45) is 2.36. The molecule has 0 saturated heterocycles. The molecule has 1 fully saturated rings. The van der Waals surface area contributed by atoms with Crippen molar-refractivity contribution >= 4 is 12.0 Å². The molecule has 0 aliphatic heterocycles. The lowest BCUT2D eigenvalue weighted by Crippen LogP contribution is -2.52. The SMILES string of the molecule is OOOSC(F)(F)C(F)(F)C(F)(F)CCC1CCCCC1. The number of hydrogen-bond acceptors (Lipinski definition) is 4. The molecule has 126 valence electrons. The van der Waals surface area contributed by atoms with Crippen LogP contribution in [0, 0.1) is 5.92 Å². The largest absolute Gasteiger partial charge is 0.389 e. The molecular formula is C11H16F6O3S. The Bertz CT molecular complexity index is 323. The van der Waals surface area contributed by atoms with E-state index in [1.807, 2.05) is 0 Å². The van der Waals surface area contributed by atoms with E-state index >= 15 is 0 Å². The first-order chi connectivity index (χ1) is 9.64. The number of alkyl halides is 6. The van der Waals surface area contributed by atoms with Crippen molar-refractivity contribution in [2.24, 2.45) is 5.92 Å². The molecular weight excluding hydrogens is 326 g/mol. The third-order valence-corrected chi connectivity index (χ3v) is 4.18. The zero-order valence-corrected chi connectivity index (χ0v) is 11.8. The van der Waals surface area contributed by atoms with E-state index in [4.69, 9.17) is 5.26 Å². The molecule has 0 heterocycles. The molecule has 0 bridgehead atoms. The molecule has 1 saturated carbocycles. The van der Waals surface area contributed by atoms with Crippen molar-refractivity contribution in [2.75, 3.05) is 0 Å². The molecule has 21 heavy (non-hydrogen) atoms. The van der Waals surface area contributed by atoms with Crippen molar-refractivity contribution in [3.8, 4) is 0 Å². The molecule has 3 nitrogen and oxygen atoms in total. The van der Waals surface area contributed by atoms with E-state index in [0.717, 1.165) is 19.3 Å². The maximum absolute atomic E-state index is 13.5. The predicted octanol–water partition coefficient (Wildman–Crippen LogP) is 5.28. The van der Waals surface area contributed by atoms with Gasteiger partial charge in [-0.1, -0.05) is 37.1 Å². The summed E-state index contributed by atoms with van der Waals surface area (Å²) in [6.45, 7) is 0. The van der Waals surface area contributed by atoms with Gasteiger partial charge in [-0.05, 0) is 12.3 Å². The summed E-state index contributed by atoms with van der Waals surface area (Å²) in [5.41, 5.74) is 0. The molecule has 1 N–H and O–H groups in total. The Hall–Kier alpha value is -0.190. The van der Waals surface area contributed by atoms with E-state index in [-0.39, 0.29) is 12.3 Å². The highest BCUT2D eigenvalue weighted by Gasteiger charge is 2.72. The Balaban J connectivity index is 2.64. The standard InChI is InChI=1S/C11H16F6O3S/c12-9(13,7-6-8-4-2-1-3-5-8)10(14,15)11(16,17)21-20-19-18/h8,18H,1-7H2. The van der Waals surface area contributed by atoms with Gasteiger partial charge in [0.1, 0.15) is 12.0 Å². The van der Waals surface area contributed by atoms with Crippen LogP contribution in [0.25, 0.3) is 0 Å². The second-order valence-electron chi connectivity index (χ2n) is 5.06. The van der Waals surface area contributed by atoms with Crippen molar-refractivity contribution in [2.45, 2.75) is 62.0 Å². The highest BCUT2D eigenvalue weighted by atomic mass is 32.2. The van der Waals surface area contributed by atoms with Gasteiger partial charge in [-0.3, -0.25) is 0 Å². The van der Waals surface area contributed by atoms with Gasteiger partial charge < -0.3 is 0 Å². The predicted molar refractivity (Wildman–Crippen MR) is 63.0 cm³/mol. The summed E-state index contributed by atoms with van der Waals surface area (Å²) in [4.78, 5) is 0. The van der Waals surface area contributed by atoms with E-state index in [1.165, 1.54) is 0 Å². The molecule has 0 aromatic heterocycles. The topological polar surface area (TPSA) is 38.7 Å². The van der Waals surface area contributed by atoms with E-state index in [0.29, 0.717) is 12.8 Å². The van der Waals surface area contributed by atoms with Crippen LogP contribution in [0.3, 0.4) is 0 Å². The summed E-state index contributed by atoms with van der Waals surface area (Å²) in [5, 5.41) is 5.16. The molecule has 0 radical (unpaired) electrons. The fraction of sp³-hybridized carbons (Fsp3) is 1.00. The second kappa shape index (κ2) is 7.38. The third-order valence-electron chi connectivity index (χ3n) is 3.59.